The Bertz CT molecular complexity index is 393. The molecule has 1 aromatic heterocycles. The maximum Gasteiger partial charge on any atom is 0.316 e. The molecule has 1 aromatic rings. The number of carbonyl (C=O) groups is 2. The zero-order valence-electron chi connectivity index (χ0n) is 9.94. The molecule has 3 nitrogen and oxygen atoms in total. The number of hydrogen-bond acceptors (Lipinski definition) is 4. The Morgan fingerprint density at radius 2 is 2.00 bits per heavy atom. The lowest BCUT2D eigenvalue weighted by Crippen LogP contribution is -2.29. The molecule has 1 heterocycles. The molecule has 0 fully saturated rings. The van der Waals surface area contributed by atoms with Gasteiger partial charge in [-0.2, -0.15) is 0 Å². The topological polar surface area (TPSA) is 43.4 Å². The summed E-state index contributed by atoms with van der Waals surface area (Å²) in [5, 5.41) is 1.86. The number of methoxy groups -OCH3 is 1. The maximum atomic E-state index is 12.2. The van der Waals surface area contributed by atoms with E-state index < -0.39 is 11.9 Å². The van der Waals surface area contributed by atoms with Crippen molar-refractivity contribution >= 4 is 23.1 Å². The Kier molecular flexibility index (Phi) is 4.24. The van der Waals surface area contributed by atoms with Gasteiger partial charge in [-0.1, -0.05) is 13.8 Å². The molecule has 88 valence electrons. The van der Waals surface area contributed by atoms with Crippen LogP contribution in [0.3, 0.4) is 0 Å². The first kappa shape index (κ1) is 12.9. The number of esters is 1. The molecule has 0 aliphatic heterocycles. The van der Waals surface area contributed by atoms with E-state index in [0.29, 0.717) is 4.88 Å². The number of hydrogen-bond donors (Lipinski definition) is 0. The normalized spacial score (nSPS) is 12.6. The van der Waals surface area contributed by atoms with Crippen molar-refractivity contribution in [2.24, 2.45) is 11.8 Å². The molecule has 1 atom stereocenters. The highest BCUT2D eigenvalue weighted by Crippen LogP contribution is 2.24. The smallest absolute Gasteiger partial charge is 0.316 e. The minimum absolute atomic E-state index is 0.0542. The summed E-state index contributed by atoms with van der Waals surface area (Å²) in [7, 11) is 1.31. The first-order valence-corrected chi connectivity index (χ1v) is 6.03. The fourth-order valence-corrected chi connectivity index (χ4v) is 2.48. The number of Topliss-reactive ketones (excluding diaryl/α,β-unsaturated/α-hetero) is 1. The summed E-state index contributed by atoms with van der Waals surface area (Å²) in [5.41, 5.74) is 0.921. The zero-order valence-corrected chi connectivity index (χ0v) is 10.8. The van der Waals surface area contributed by atoms with Crippen molar-refractivity contribution in [1.82, 2.24) is 0 Å². The van der Waals surface area contributed by atoms with Gasteiger partial charge in [0, 0.05) is 0 Å². The minimum Gasteiger partial charge on any atom is -0.468 e. The van der Waals surface area contributed by atoms with Gasteiger partial charge in [-0.05, 0) is 29.9 Å². The second-order valence-electron chi connectivity index (χ2n) is 4.04. The first-order chi connectivity index (χ1) is 7.49. The first-order valence-electron chi connectivity index (χ1n) is 5.15. The van der Waals surface area contributed by atoms with E-state index in [1.165, 1.54) is 18.4 Å². The minimum atomic E-state index is -0.692. The van der Waals surface area contributed by atoms with Gasteiger partial charge < -0.3 is 4.74 Å². The lowest BCUT2D eigenvalue weighted by atomic mass is 9.90. The highest BCUT2D eigenvalue weighted by molar-refractivity contribution is 7.12. The molecule has 0 aromatic carbocycles. The summed E-state index contributed by atoms with van der Waals surface area (Å²) in [6.07, 6.45) is 0. The Morgan fingerprint density at radius 3 is 2.38 bits per heavy atom. The Labute approximate surface area is 99.4 Å². The predicted molar refractivity (Wildman–Crippen MR) is 63.7 cm³/mol. The van der Waals surface area contributed by atoms with Crippen LogP contribution in [0.15, 0.2) is 11.4 Å². The summed E-state index contributed by atoms with van der Waals surface area (Å²) >= 11 is 1.37. The average molecular weight is 240 g/mol. The van der Waals surface area contributed by atoms with Crippen LogP contribution in [0.5, 0.6) is 0 Å². The molecule has 4 heteroatoms. The lowest BCUT2D eigenvalue weighted by molar-refractivity contribution is -0.144. The number of aryl methyl sites for hydroxylation is 1. The van der Waals surface area contributed by atoms with Crippen molar-refractivity contribution in [2.75, 3.05) is 7.11 Å². The highest BCUT2D eigenvalue weighted by atomic mass is 32.1. The fourth-order valence-electron chi connectivity index (χ4n) is 1.58. The van der Waals surface area contributed by atoms with E-state index in [2.05, 4.69) is 4.74 Å². The van der Waals surface area contributed by atoms with Crippen LogP contribution in [0.25, 0.3) is 0 Å². The van der Waals surface area contributed by atoms with Crippen molar-refractivity contribution in [3.63, 3.8) is 0 Å². The number of carbonyl (C=O) groups excluding carboxylic acids is 2. The fraction of sp³-hybridized carbons (Fsp3) is 0.500. The van der Waals surface area contributed by atoms with E-state index >= 15 is 0 Å². The summed E-state index contributed by atoms with van der Waals surface area (Å²) in [5.74, 6) is -1.33. The van der Waals surface area contributed by atoms with E-state index in [1.807, 2.05) is 32.2 Å². The molecule has 0 aliphatic carbocycles. The van der Waals surface area contributed by atoms with Crippen molar-refractivity contribution < 1.29 is 14.3 Å². The van der Waals surface area contributed by atoms with E-state index in [4.69, 9.17) is 0 Å². The SMILES string of the molecule is COC(=O)C(C(=O)c1sccc1C)C(C)C. The molecule has 0 radical (unpaired) electrons. The molecule has 0 N–H and O–H groups in total. The number of ketones is 1. The van der Waals surface area contributed by atoms with Gasteiger partial charge in [0.1, 0.15) is 5.92 Å². The van der Waals surface area contributed by atoms with Gasteiger partial charge in [-0.25, -0.2) is 0 Å². The third kappa shape index (κ3) is 2.50. The predicted octanol–water partition coefficient (Wildman–Crippen LogP) is 2.68. The Hall–Kier alpha value is -1.16. The Morgan fingerprint density at radius 1 is 1.38 bits per heavy atom. The van der Waals surface area contributed by atoms with Crippen molar-refractivity contribution in [3.05, 3.63) is 21.9 Å². The number of rotatable bonds is 4. The van der Waals surface area contributed by atoms with Gasteiger partial charge in [-0.15, -0.1) is 11.3 Å². The highest BCUT2D eigenvalue weighted by Gasteiger charge is 2.32. The summed E-state index contributed by atoms with van der Waals surface area (Å²) in [6.45, 7) is 5.57. The quantitative estimate of drug-likeness (QED) is 0.461. The monoisotopic (exact) mass is 240 g/mol. The van der Waals surface area contributed by atoms with Crippen LogP contribution in [0.1, 0.15) is 29.1 Å². The van der Waals surface area contributed by atoms with Crippen LogP contribution < -0.4 is 0 Å². The van der Waals surface area contributed by atoms with Crippen molar-refractivity contribution in [1.29, 1.82) is 0 Å². The van der Waals surface area contributed by atoms with Crippen molar-refractivity contribution in [2.45, 2.75) is 20.8 Å². The zero-order chi connectivity index (χ0) is 12.3. The Balaban J connectivity index is 3.01. The van der Waals surface area contributed by atoms with Crippen LogP contribution in [0.2, 0.25) is 0 Å². The molecule has 16 heavy (non-hydrogen) atoms. The van der Waals surface area contributed by atoms with Crippen LogP contribution in [0.4, 0.5) is 0 Å². The summed E-state index contributed by atoms with van der Waals surface area (Å²) in [6, 6.07) is 1.88. The maximum absolute atomic E-state index is 12.2. The summed E-state index contributed by atoms with van der Waals surface area (Å²) in [4.78, 5) is 24.4. The van der Waals surface area contributed by atoms with Gasteiger partial charge in [0.25, 0.3) is 0 Å². The number of ether oxygens (including phenoxy) is 1. The van der Waals surface area contributed by atoms with Gasteiger partial charge in [-0.3, -0.25) is 9.59 Å². The molecule has 1 unspecified atom stereocenters. The molecule has 0 amide bonds. The van der Waals surface area contributed by atoms with Gasteiger partial charge in [0.2, 0.25) is 0 Å². The summed E-state index contributed by atoms with van der Waals surface area (Å²) < 4.78 is 4.68. The van der Waals surface area contributed by atoms with Gasteiger partial charge in [0.15, 0.2) is 5.78 Å². The largest absolute Gasteiger partial charge is 0.468 e. The standard InChI is InChI=1S/C12H16O3S/c1-7(2)9(12(14)15-4)10(13)11-8(3)5-6-16-11/h5-7,9H,1-4H3. The third-order valence-corrected chi connectivity index (χ3v) is 3.52. The van der Waals surface area contributed by atoms with Gasteiger partial charge in [0.05, 0.1) is 12.0 Å². The average Bonchev–Trinajstić information content (AvgIpc) is 2.63. The molecular formula is C12H16O3S. The lowest BCUT2D eigenvalue weighted by Gasteiger charge is -2.16. The molecule has 1 rings (SSSR count). The van der Waals surface area contributed by atoms with Gasteiger partial charge >= 0.3 is 5.97 Å². The molecule has 0 aliphatic rings. The molecule has 0 spiro atoms. The van der Waals surface area contributed by atoms with E-state index in [9.17, 15) is 9.59 Å². The molecule has 0 saturated heterocycles. The number of thiophene rings is 1. The molecule has 0 bridgehead atoms. The molecular weight excluding hydrogens is 224 g/mol. The third-order valence-electron chi connectivity index (χ3n) is 2.49. The van der Waals surface area contributed by atoms with Crippen LogP contribution in [-0.4, -0.2) is 18.9 Å². The van der Waals surface area contributed by atoms with Crippen LogP contribution in [-0.2, 0) is 9.53 Å². The van der Waals surface area contributed by atoms with Crippen molar-refractivity contribution in [3.8, 4) is 0 Å². The molecule has 0 saturated carbocycles. The van der Waals surface area contributed by atoms with E-state index in [0.717, 1.165) is 5.56 Å². The second-order valence-corrected chi connectivity index (χ2v) is 4.96. The van der Waals surface area contributed by atoms with Crippen LogP contribution >= 0.6 is 11.3 Å². The van der Waals surface area contributed by atoms with E-state index in [-0.39, 0.29) is 11.7 Å². The van der Waals surface area contributed by atoms with E-state index in [1.54, 1.807) is 0 Å². The second kappa shape index (κ2) is 5.25. The van der Waals surface area contributed by atoms with Crippen LogP contribution in [0, 0.1) is 18.8 Å².